The Kier molecular flexibility index (Phi) is 14.1. The normalized spacial score (nSPS) is 11.5. The monoisotopic (exact) mass is 345 g/mol. The summed E-state index contributed by atoms with van der Waals surface area (Å²) in [7, 11) is 1.64. The summed E-state index contributed by atoms with van der Waals surface area (Å²) in [6, 6.07) is 0. The smallest absolute Gasteiger partial charge is 0.219 e. The molecule has 0 spiro atoms. The molecule has 5 nitrogen and oxygen atoms in total. The first-order chi connectivity index (χ1) is 11.1. The van der Waals surface area contributed by atoms with Crippen LogP contribution in [0.2, 0.25) is 0 Å². The molecule has 24 heavy (non-hydrogen) atoms. The van der Waals surface area contributed by atoms with Gasteiger partial charge in [-0.25, -0.2) is 0 Å². The fraction of sp³-hybridized carbons (Fsp3) is 0.895. The first-order valence-corrected chi connectivity index (χ1v) is 9.12. The fourth-order valence-electron chi connectivity index (χ4n) is 1.87. The molecule has 0 fully saturated rings. The van der Waals surface area contributed by atoms with Crippen molar-refractivity contribution in [2.45, 2.75) is 91.8 Å². The van der Waals surface area contributed by atoms with Crippen LogP contribution in [0.15, 0.2) is 0 Å². The van der Waals surface area contributed by atoms with E-state index in [4.69, 9.17) is 9.47 Å². The summed E-state index contributed by atoms with van der Waals surface area (Å²) < 4.78 is 11.6. The fourth-order valence-corrected chi connectivity index (χ4v) is 1.87. The van der Waals surface area contributed by atoms with Crippen molar-refractivity contribution in [2.24, 2.45) is 0 Å². The summed E-state index contributed by atoms with van der Waals surface area (Å²) in [5, 5.41) is 2.61. The van der Waals surface area contributed by atoms with Gasteiger partial charge >= 0.3 is 0 Å². The summed E-state index contributed by atoms with van der Waals surface area (Å²) in [6.45, 7) is 14.9. The number of nitrogens with one attached hydrogen (secondary N) is 1. The van der Waals surface area contributed by atoms with Gasteiger partial charge < -0.3 is 14.8 Å². The minimum atomic E-state index is -0.333. The minimum Gasteiger partial charge on any atom is -0.375 e. The molecule has 0 bridgehead atoms. The molecular weight excluding hydrogens is 306 g/mol. The maximum atomic E-state index is 11.3. The van der Waals surface area contributed by atoms with Crippen LogP contribution in [0.5, 0.6) is 0 Å². The van der Waals surface area contributed by atoms with Gasteiger partial charge in [0.1, 0.15) is 5.78 Å². The van der Waals surface area contributed by atoms with Crippen LogP contribution >= 0.6 is 0 Å². The maximum absolute atomic E-state index is 11.3. The van der Waals surface area contributed by atoms with E-state index in [0.717, 1.165) is 6.42 Å². The van der Waals surface area contributed by atoms with Crippen molar-refractivity contribution in [3.8, 4) is 0 Å². The Labute approximate surface area is 148 Å². The Balaban J connectivity index is 0. The first kappa shape index (κ1) is 25.3. The summed E-state index contributed by atoms with van der Waals surface area (Å²) in [5.74, 6) is 0.253. The molecule has 0 rings (SSSR count). The summed E-state index contributed by atoms with van der Waals surface area (Å²) in [4.78, 5) is 22.5. The lowest BCUT2D eigenvalue weighted by Crippen LogP contribution is -2.32. The third kappa shape index (κ3) is 14.6. The van der Waals surface area contributed by atoms with E-state index in [1.807, 2.05) is 48.5 Å². The number of hydrogen-bond acceptors (Lipinski definition) is 4. The van der Waals surface area contributed by atoms with Gasteiger partial charge in [-0.05, 0) is 40.5 Å². The Hall–Kier alpha value is -0.940. The molecule has 1 amide bonds. The van der Waals surface area contributed by atoms with Crippen LogP contribution in [0, 0.1) is 0 Å². The molecule has 0 aliphatic heterocycles. The zero-order valence-electron chi connectivity index (χ0n) is 17.1. The largest absolute Gasteiger partial charge is 0.375 e. The predicted molar refractivity (Wildman–Crippen MR) is 99.2 cm³/mol. The second-order valence-electron chi connectivity index (χ2n) is 6.78. The molecule has 1 N–H and O–H groups in total. The molecule has 0 saturated carbocycles. The lowest BCUT2D eigenvalue weighted by Gasteiger charge is -2.29. The molecule has 0 heterocycles. The summed E-state index contributed by atoms with van der Waals surface area (Å²) in [6.07, 6.45) is 2.92. The van der Waals surface area contributed by atoms with Gasteiger partial charge in [0.25, 0.3) is 0 Å². The number of hydrogen-bond donors (Lipinski definition) is 1. The highest BCUT2D eigenvalue weighted by Crippen LogP contribution is 2.20. The highest BCUT2D eigenvalue weighted by atomic mass is 16.5. The van der Waals surface area contributed by atoms with Gasteiger partial charge in [0, 0.05) is 26.3 Å². The molecule has 0 aliphatic carbocycles. The van der Waals surface area contributed by atoms with Crippen molar-refractivity contribution in [1.29, 1.82) is 0 Å². The van der Waals surface area contributed by atoms with Crippen LogP contribution in [0.1, 0.15) is 80.6 Å². The molecule has 0 atom stereocenters. The van der Waals surface area contributed by atoms with E-state index >= 15 is 0 Å². The number of carbonyl (C=O) groups excluding carboxylic acids is 2. The Morgan fingerprint density at radius 2 is 1.38 bits per heavy atom. The average Bonchev–Trinajstić information content (AvgIpc) is 2.53. The van der Waals surface area contributed by atoms with Crippen LogP contribution < -0.4 is 5.32 Å². The molecule has 0 aromatic carbocycles. The Morgan fingerprint density at radius 1 is 0.875 bits per heavy atom. The van der Waals surface area contributed by atoms with Gasteiger partial charge in [-0.3, -0.25) is 9.59 Å². The SMILES string of the molecule is CC.CCC(=O)CCOC(C)(C)CCOC(C)(C)CCC(=O)NC. The lowest BCUT2D eigenvalue weighted by atomic mass is 10.0. The van der Waals surface area contributed by atoms with Crippen molar-refractivity contribution in [1.82, 2.24) is 5.32 Å². The van der Waals surface area contributed by atoms with E-state index in [1.165, 1.54) is 0 Å². The van der Waals surface area contributed by atoms with Gasteiger partial charge in [-0.2, -0.15) is 0 Å². The van der Waals surface area contributed by atoms with E-state index in [9.17, 15) is 9.59 Å². The topological polar surface area (TPSA) is 64.6 Å². The average molecular weight is 346 g/mol. The van der Waals surface area contributed by atoms with Crippen LogP contribution in [-0.4, -0.2) is 43.2 Å². The number of rotatable bonds is 12. The molecular formula is C19H39NO4. The van der Waals surface area contributed by atoms with Gasteiger partial charge in [0.2, 0.25) is 5.91 Å². The van der Waals surface area contributed by atoms with Crippen molar-refractivity contribution in [2.75, 3.05) is 20.3 Å². The van der Waals surface area contributed by atoms with Crippen molar-refractivity contribution >= 4 is 11.7 Å². The van der Waals surface area contributed by atoms with Crippen molar-refractivity contribution < 1.29 is 19.1 Å². The van der Waals surface area contributed by atoms with E-state index in [-0.39, 0.29) is 22.9 Å². The van der Waals surface area contributed by atoms with E-state index in [1.54, 1.807) is 7.05 Å². The number of ketones is 1. The third-order valence-electron chi connectivity index (χ3n) is 3.70. The third-order valence-corrected chi connectivity index (χ3v) is 3.70. The molecule has 0 aromatic heterocycles. The number of Topliss-reactive ketones (excluding diaryl/α,β-unsaturated/α-hetero) is 1. The standard InChI is InChI=1S/C17H33NO4.C2H6/c1-7-14(19)9-12-21-17(4,5)11-13-22-16(2,3)10-8-15(20)18-6;1-2/h7-13H2,1-6H3,(H,18,20);1-2H3. The van der Waals surface area contributed by atoms with Crippen molar-refractivity contribution in [3.05, 3.63) is 0 Å². The molecule has 0 aliphatic rings. The lowest BCUT2D eigenvalue weighted by molar-refractivity contribution is -0.124. The zero-order valence-corrected chi connectivity index (χ0v) is 17.1. The van der Waals surface area contributed by atoms with Gasteiger partial charge in [-0.1, -0.05) is 20.8 Å². The van der Waals surface area contributed by atoms with Crippen LogP contribution in [-0.2, 0) is 19.1 Å². The molecule has 0 aromatic rings. The second kappa shape index (κ2) is 13.4. The highest BCUT2D eigenvalue weighted by Gasteiger charge is 2.23. The molecule has 0 saturated heterocycles. The quantitative estimate of drug-likeness (QED) is 0.583. The van der Waals surface area contributed by atoms with Crippen LogP contribution in [0.3, 0.4) is 0 Å². The highest BCUT2D eigenvalue weighted by molar-refractivity contribution is 5.78. The summed E-state index contributed by atoms with van der Waals surface area (Å²) in [5.41, 5.74) is -0.647. The van der Waals surface area contributed by atoms with E-state index in [0.29, 0.717) is 38.9 Å². The first-order valence-electron chi connectivity index (χ1n) is 9.12. The number of amides is 1. The molecule has 0 unspecified atom stereocenters. The van der Waals surface area contributed by atoms with Gasteiger partial charge in [0.15, 0.2) is 0 Å². The minimum absolute atomic E-state index is 0.0286. The molecule has 5 heteroatoms. The van der Waals surface area contributed by atoms with E-state index in [2.05, 4.69) is 5.32 Å². The maximum Gasteiger partial charge on any atom is 0.219 e. The van der Waals surface area contributed by atoms with Crippen molar-refractivity contribution in [3.63, 3.8) is 0 Å². The van der Waals surface area contributed by atoms with Crippen LogP contribution in [0.25, 0.3) is 0 Å². The Morgan fingerprint density at radius 3 is 1.88 bits per heavy atom. The number of carbonyl (C=O) groups is 2. The summed E-state index contributed by atoms with van der Waals surface area (Å²) >= 11 is 0. The van der Waals surface area contributed by atoms with E-state index < -0.39 is 0 Å². The second-order valence-corrected chi connectivity index (χ2v) is 6.78. The molecule has 0 radical (unpaired) electrons. The number of ether oxygens (including phenoxy) is 2. The predicted octanol–water partition coefficient (Wildman–Crippen LogP) is 3.89. The zero-order chi connectivity index (χ0) is 19.2. The molecule has 144 valence electrons. The van der Waals surface area contributed by atoms with Gasteiger partial charge in [0.05, 0.1) is 24.4 Å². The van der Waals surface area contributed by atoms with Gasteiger partial charge in [-0.15, -0.1) is 0 Å². The van der Waals surface area contributed by atoms with Crippen LogP contribution in [0.4, 0.5) is 0 Å². The Bertz CT molecular complexity index is 351.